The second kappa shape index (κ2) is 6.98. The summed E-state index contributed by atoms with van der Waals surface area (Å²) in [5.41, 5.74) is 1.89. The number of rotatable bonds is 4. The number of furan rings is 1. The zero-order chi connectivity index (χ0) is 17.2. The number of ether oxygens (including phenoxy) is 1. The molecule has 2 aliphatic rings. The smallest absolute Gasteiger partial charge is 0.257 e. The third-order valence-electron chi connectivity index (χ3n) is 5.44. The fraction of sp³-hybridized carbons (Fsp3) is 0.474. The van der Waals surface area contributed by atoms with E-state index in [4.69, 9.17) is 9.15 Å². The number of piperidine rings is 1. The molecule has 25 heavy (non-hydrogen) atoms. The Kier molecular flexibility index (Phi) is 4.55. The number of methoxy groups -OCH3 is 1. The van der Waals surface area contributed by atoms with Crippen molar-refractivity contribution in [2.24, 2.45) is 0 Å². The van der Waals surface area contributed by atoms with Gasteiger partial charge in [-0.05, 0) is 36.6 Å². The molecule has 2 aromatic rings. The van der Waals surface area contributed by atoms with Crippen LogP contribution in [0.15, 0.2) is 47.5 Å². The fourth-order valence-electron chi connectivity index (χ4n) is 4.01. The van der Waals surface area contributed by atoms with Gasteiger partial charge in [0.25, 0.3) is 5.91 Å². The molecule has 2 aliphatic heterocycles. The first-order valence-electron chi connectivity index (χ1n) is 8.78. The number of hydrogen-bond donors (Lipinski definition) is 0. The molecule has 0 bridgehead atoms. The number of aromatic nitrogens is 1. The molecule has 0 unspecified atom stereocenters. The van der Waals surface area contributed by atoms with Crippen molar-refractivity contribution in [1.82, 2.24) is 14.8 Å². The Hall–Kier alpha value is -2.18. The molecule has 6 nitrogen and oxygen atoms in total. The Labute approximate surface area is 147 Å². The number of pyridine rings is 1. The third kappa shape index (κ3) is 3.07. The van der Waals surface area contributed by atoms with E-state index in [0.717, 1.165) is 32.5 Å². The molecule has 2 fully saturated rings. The van der Waals surface area contributed by atoms with Crippen molar-refractivity contribution in [3.05, 3.63) is 54.2 Å². The van der Waals surface area contributed by atoms with Gasteiger partial charge in [0, 0.05) is 45.2 Å². The predicted octanol–water partition coefficient (Wildman–Crippen LogP) is 2.35. The lowest BCUT2D eigenvalue weighted by Crippen LogP contribution is -2.60. The quantitative estimate of drug-likeness (QED) is 0.854. The second-order valence-corrected chi connectivity index (χ2v) is 6.73. The third-order valence-corrected chi connectivity index (χ3v) is 5.44. The van der Waals surface area contributed by atoms with Crippen LogP contribution in [0.5, 0.6) is 0 Å². The summed E-state index contributed by atoms with van der Waals surface area (Å²) in [6.07, 6.45) is 8.95. The molecule has 4 rings (SSSR count). The highest BCUT2D eigenvalue weighted by molar-refractivity contribution is 5.93. The van der Waals surface area contributed by atoms with Crippen LogP contribution >= 0.6 is 0 Å². The summed E-state index contributed by atoms with van der Waals surface area (Å²) >= 11 is 0. The van der Waals surface area contributed by atoms with Crippen LogP contribution in [-0.4, -0.2) is 59.6 Å². The molecular formula is C19H23N3O3. The SMILES string of the molecule is CO[C@H]1CN(C2CCN(C(=O)c3ccoc3)CC2)[C@H]1c1ccncc1. The van der Waals surface area contributed by atoms with Crippen LogP contribution in [0.25, 0.3) is 0 Å². The molecule has 2 atom stereocenters. The number of carbonyl (C=O) groups is 1. The molecule has 0 radical (unpaired) electrons. The lowest BCUT2D eigenvalue weighted by Gasteiger charge is -2.53. The van der Waals surface area contributed by atoms with E-state index in [9.17, 15) is 4.79 Å². The van der Waals surface area contributed by atoms with Gasteiger partial charge in [0.1, 0.15) is 6.26 Å². The molecule has 0 spiro atoms. The van der Waals surface area contributed by atoms with Gasteiger partial charge in [-0.3, -0.25) is 14.7 Å². The minimum Gasteiger partial charge on any atom is -0.472 e. The van der Waals surface area contributed by atoms with Crippen molar-refractivity contribution >= 4 is 5.91 Å². The molecule has 0 N–H and O–H groups in total. The number of likely N-dealkylation sites (tertiary alicyclic amines) is 2. The highest BCUT2D eigenvalue weighted by atomic mass is 16.5. The molecule has 0 saturated carbocycles. The van der Waals surface area contributed by atoms with Gasteiger partial charge in [-0.25, -0.2) is 0 Å². The van der Waals surface area contributed by atoms with Gasteiger partial charge < -0.3 is 14.1 Å². The van der Waals surface area contributed by atoms with Gasteiger partial charge in [0.15, 0.2) is 0 Å². The van der Waals surface area contributed by atoms with E-state index < -0.39 is 0 Å². The first kappa shape index (κ1) is 16.3. The lowest BCUT2D eigenvalue weighted by atomic mass is 9.87. The van der Waals surface area contributed by atoms with E-state index in [2.05, 4.69) is 22.0 Å². The molecule has 4 heterocycles. The van der Waals surface area contributed by atoms with E-state index in [1.54, 1.807) is 19.4 Å². The van der Waals surface area contributed by atoms with Gasteiger partial charge in [-0.1, -0.05) is 0 Å². The van der Waals surface area contributed by atoms with Crippen molar-refractivity contribution in [3.63, 3.8) is 0 Å². The maximum Gasteiger partial charge on any atom is 0.257 e. The van der Waals surface area contributed by atoms with Crippen LogP contribution in [0.2, 0.25) is 0 Å². The number of nitrogens with zero attached hydrogens (tertiary/aromatic N) is 3. The summed E-state index contributed by atoms with van der Waals surface area (Å²) in [6.45, 7) is 2.52. The molecule has 132 valence electrons. The van der Waals surface area contributed by atoms with Gasteiger partial charge in [-0.2, -0.15) is 0 Å². The molecule has 0 aliphatic carbocycles. The van der Waals surface area contributed by atoms with E-state index in [1.165, 1.54) is 11.8 Å². The van der Waals surface area contributed by atoms with E-state index in [-0.39, 0.29) is 18.1 Å². The van der Waals surface area contributed by atoms with Crippen molar-refractivity contribution in [2.75, 3.05) is 26.7 Å². The zero-order valence-electron chi connectivity index (χ0n) is 14.4. The summed E-state index contributed by atoms with van der Waals surface area (Å²) in [5.74, 6) is 0.0660. The summed E-state index contributed by atoms with van der Waals surface area (Å²) in [6, 6.07) is 6.64. The Bertz CT molecular complexity index is 696. The van der Waals surface area contributed by atoms with E-state index >= 15 is 0 Å². The van der Waals surface area contributed by atoms with Crippen LogP contribution in [0, 0.1) is 0 Å². The number of carbonyl (C=O) groups excluding carboxylic acids is 1. The van der Waals surface area contributed by atoms with E-state index in [1.807, 2.05) is 17.3 Å². The van der Waals surface area contributed by atoms with Crippen molar-refractivity contribution in [2.45, 2.75) is 31.0 Å². The molecular weight excluding hydrogens is 318 g/mol. The van der Waals surface area contributed by atoms with Crippen molar-refractivity contribution in [1.29, 1.82) is 0 Å². The van der Waals surface area contributed by atoms with Crippen LogP contribution in [0.4, 0.5) is 0 Å². The normalized spacial score (nSPS) is 24.9. The van der Waals surface area contributed by atoms with Crippen LogP contribution in [-0.2, 0) is 4.74 Å². The largest absolute Gasteiger partial charge is 0.472 e. The summed E-state index contributed by atoms with van der Waals surface area (Å²) < 4.78 is 10.7. The predicted molar refractivity (Wildman–Crippen MR) is 92.1 cm³/mol. The zero-order valence-corrected chi connectivity index (χ0v) is 14.4. The van der Waals surface area contributed by atoms with Gasteiger partial charge >= 0.3 is 0 Å². The minimum absolute atomic E-state index is 0.0660. The fourth-order valence-corrected chi connectivity index (χ4v) is 4.01. The Morgan fingerprint density at radius 3 is 2.64 bits per heavy atom. The maximum atomic E-state index is 12.4. The highest BCUT2D eigenvalue weighted by Gasteiger charge is 2.44. The summed E-state index contributed by atoms with van der Waals surface area (Å²) in [7, 11) is 1.78. The van der Waals surface area contributed by atoms with Gasteiger partial charge in [-0.15, -0.1) is 0 Å². The topological polar surface area (TPSA) is 58.8 Å². The molecule has 1 amide bonds. The van der Waals surface area contributed by atoms with Crippen LogP contribution in [0.3, 0.4) is 0 Å². The Morgan fingerprint density at radius 2 is 2.00 bits per heavy atom. The molecule has 0 aromatic carbocycles. The van der Waals surface area contributed by atoms with E-state index in [0.29, 0.717) is 11.6 Å². The van der Waals surface area contributed by atoms with Crippen LogP contribution in [0.1, 0.15) is 34.8 Å². The first-order chi connectivity index (χ1) is 12.3. The molecule has 6 heteroatoms. The standard InChI is InChI=1S/C19H23N3O3/c1-24-17-12-22(18(17)14-2-7-20-8-3-14)16-4-9-21(10-5-16)19(23)15-6-11-25-13-15/h2-3,6-8,11,13,16-18H,4-5,9-10,12H2,1H3/t17-,18-/m0/s1. The summed E-state index contributed by atoms with van der Waals surface area (Å²) in [5, 5.41) is 0. The van der Waals surface area contributed by atoms with Gasteiger partial charge in [0.05, 0.1) is 24.0 Å². The highest BCUT2D eigenvalue weighted by Crippen LogP contribution is 2.39. The maximum absolute atomic E-state index is 12.4. The Morgan fingerprint density at radius 1 is 1.24 bits per heavy atom. The molecule has 2 aromatic heterocycles. The Balaban J connectivity index is 1.40. The first-order valence-corrected chi connectivity index (χ1v) is 8.78. The van der Waals surface area contributed by atoms with Gasteiger partial charge in [0.2, 0.25) is 0 Å². The second-order valence-electron chi connectivity index (χ2n) is 6.73. The van der Waals surface area contributed by atoms with Crippen LogP contribution < -0.4 is 0 Å². The average Bonchev–Trinajstić information content (AvgIpc) is 3.17. The number of amides is 1. The summed E-state index contributed by atoms with van der Waals surface area (Å²) in [4.78, 5) is 21.0. The number of hydrogen-bond acceptors (Lipinski definition) is 5. The average molecular weight is 341 g/mol. The lowest BCUT2D eigenvalue weighted by molar-refractivity contribution is -0.115. The molecule has 2 saturated heterocycles. The monoisotopic (exact) mass is 341 g/mol. The minimum atomic E-state index is 0.0660. The van der Waals surface area contributed by atoms with Crippen molar-refractivity contribution < 1.29 is 13.9 Å². The van der Waals surface area contributed by atoms with Crippen molar-refractivity contribution in [3.8, 4) is 0 Å².